The number of hydrogen-bond donors (Lipinski definition) is 3. The van der Waals surface area contributed by atoms with Crippen molar-refractivity contribution in [3.8, 4) is 0 Å². The molecule has 0 spiro atoms. The van der Waals surface area contributed by atoms with E-state index in [2.05, 4.69) is 15.9 Å². The summed E-state index contributed by atoms with van der Waals surface area (Å²) in [7, 11) is -1.44. The molecule has 0 saturated carbocycles. The molecule has 0 amide bonds. The van der Waals surface area contributed by atoms with Crippen LogP contribution in [0, 0.1) is 0 Å². The van der Waals surface area contributed by atoms with E-state index in [4.69, 9.17) is 15.8 Å². The molecule has 0 atom stereocenters. The van der Waals surface area contributed by atoms with E-state index in [-0.39, 0.29) is 0 Å². The van der Waals surface area contributed by atoms with Gasteiger partial charge < -0.3 is 15.8 Å². The average molecular weight is 272 g/mol. The zero-order valence-electron chi connectivity index (χ0n) is 7.07. The van der Waals surface area contributed by atoms with Crippen LogP contribution in [0.3, 0.4) is 0 Å². The molecule has 14 heavy (non-hydrogen) atoms. The minimum Gasteiger partial charge on any atom is -0.423 e. The summed E-state index contributed by atoms with van der Waals surface area (Å²) in [6, 6.07) is 3.62. The molecule has 0 aliphatic carbocycles. The molecule has 0 saturated heterocycles. The van der Waals surface area contributed by atoms with E-state index in [1.165, 1.54) is 11.3 Å². The lowest BCUT2D eigenvalue weighted by molar-refractivity contribution is 0.426. The van der Waals surface area contributed by atoms with Crippen LogP contribution in [0.5, 0.6) is 0 Å². The van der Waals surface area contributed by atoms with Gasteiger partial charge in [0.25, 0.3) is 0 Å². The van der Waals surface area contributed by atoms with Crippen molar-refractivity contribution in [2.75, 3.05) is 5.73 Å². The topological polar surface area (TPSA) is 66.5 Å². The maximum atomic E-state index is 9.08. The lowest BCUT2D eigenvalue weighted by Gasteiger charge is -2.00. The van der Waals surface area contributed by atoms with Gasteiger partial charge in [0.2, 0.25) is 0 Å². The molecule has 0 fully saturated rings. The number of nitrogens with two attached hydrogens (primary N) is 1. The first-order valence-corrected chi connectivity index (χ1v) is 5.59. The van der Waals surface area contributed by atoms with Gasteiger partial charge in [-0.3, -0.25) is 0 Å². The van der Waals surface area contributed by atoms with Crippen LogP contribution in [0.1, 0.15) is 0 Å². The number of anilines is 1. The van der Waals surface area contributed by atoms with E-state index >= 15 is 0 Å². The molecule has 4 N–H and O–H groups in total. The van der Waals surface area contributed by atoms with Crippen molar-refractivity contribution < 1.29 is 10.0 Å². The van der Waals surface area contributed by atoms with Crippen molar-refractivity contribution in [1.82, 2.24) is 0 Å². The normalized spacial score (nSPS) is 10.8. The molecule has 1 aromatic carbocycles. The van der Waals surface area contributed by atoms with Gasteiger partial charge in [0, 0.05) is 20.3 Å². The monoisotopic (exact) mass is 271 g/mol. The second-order valence-electron chi connectivity index (χ2n) is 2.93. The maximum Gasteiger partial charge on any atom is 0.489 e. The Morgan fingerprint density at radius 3 is 2.71 bits per heavy atom. The zero-order valence-corrected chi connectivity index (χ0v) is 9.47. The standard InChI is InChI=1S/C8H7BBrNO2S/c10-6-2-8-4(1-7(6)11)5(3-14-8)9(12)13/h1-3,12-13H,11H2. The Labute approximate surface area is 93.4 Å². The molecule has 0 aliphatic rings. The quantitative estimate of drug-likeness (QED) is 0.534. The molecular weight excluding hydrogens is 265 g/mol. The van der Waals surface area contributed by atoms with Crippen molar-refractivity contribution in [3.63, 3.8) is 0 Å². The van der Waals surface area contributed by atoms with E-state index < -0.39 is 7.12 Å². The minimum atomic E-state index is -1.44. The Bertz CT molecular complexity index is 485. The first-order valence-electron chi connectivity index (χ1n) is 3.92. The highest BCUT2D eigenvalue weighted by Gasteiger charge is 2.17. The molecule has 1 heterocycles. The summed E-state index contributed by atoms with van der Waals surface area (Å²) in [6.07, 6.45) is 0. The summed E-state index contributed by atoms with van der Waals surface area (Å²) in [4.78, 5) is 0. The highest BCUT2D eigenvalue weighted by atomic mass is 79.9. The van der Waals surface area contributed by atoms with Gasteiger partial charge in [-0.15, -0.1) is 11.3 Å². The molecule has 0 bridgehead atoms. The number of benzene rings is 1. The zero-order chi connectivity index (χ0) is 10.3. The largest absolute Gasteiger partial charge is 0.489 e. The minimum absolute atomic E-state index is 0.504. The number of hydrogen-bond acceptors (Lipinski definition) is 4. The molecule has 0 radical (unpaired) electrons. The van der Waals surface area contributed by atoms with E-state index in [0.717, 1.165) is 14.6 Å². The molecular formula is C8H7BBrNO2S. The number of rotatable bonds is 1. The predicted molar refractivity (Wildman–Crippen MR) is 63.8 cm³/mol. The lowest BCUT2D eigenvalue weighted by Crippen LogP contribution is -2.28. The summed E-state index contributed by atoms with van der Waals surface area (Å²) < 4.78 is 1.81. The first-order chi connectivity index (χ1) is 6.59. The highest BCUT2D eigenvalue weighted by Crippen LogP contribution is 2.28. The third-order valence-corrected chi connectivity index (χ3v) is 3.65. The SMILES string of the molecule is Nc1cc2c(B(O)O)csc2cc1Br. The van der Waals surface area contributed by atoms with Gasteiger partial charge in [-0.1, -0.05) is 0 Å². The van der Waals surface area contributed by atoms with Crippen LogP contribution < -0.4 is 11.2 Å². The number of fused-ring (bicyclic) bond motifs is 1. The number of nitrogen functional groups attached to an aromatic ring is 1. The molecule has 3 nitrogen and oxygen atoms in total. The highest BCUT2D eigenvalue weighted by molar-refractivity contribution is 9.10. The summed E-state index contributed by atoms with van der Waals surface area (Å²) in [5.74, 6) is 0. The van der Waals surface area contributed by atoms with Gasteiger partial charge in [0.15, 0.2) is 0 Å². The van der Waals surface area contributed by atoms with Crippen LogP contribution in [0.2, 0.25) is 0 Å². The van der Waals surface area contributed by atoms with Gasteiger partial charge in [-0.25, -0.2) is 0 Å². The Balaban J connectivity index is 2.74. The summed E-state index contributed by atoms with van der Waals surface area (Å²) in [5.41, 5.74) is 6.81. The second-order valence-corrected chi connectivity index (χ2v) is 4.70. The first kappa shape index (κ1) is 9.98. The van der Waals surface area contributed by atoms with Crippen molar-refractivity contribution in [2.45, 2.75) is 0 Å². The fourth-order valence-corrected chi connectivity index (χ4v) is 2.77. The molecule has 2 rings (SSSR count). The van der Waals surface area contributed by atoms with Crippen molar-refractivity contribution in [3.05, 3.63) is 22.0 Å². The van der Waals surface area contributed by atoms with E-state index in [9.17, 15) is 0 Å². The fraction of sp³-hybridized carbons (Fsp3) is 0. The lowest BCUT2D eigenvalue weighted by atomic mass is 9.80. The average Bonchev–Trinajstić information content (AvgIpc) is 2.48. The second kappa shape index (κ2) is 3.54. The van der Waals surface area contributed by atoms with E-state index in [0.29, 0.717) is 11.2 Å². The summed E-state index contributed by atoms with van der Waals surface area (Å²) >= 11 is 4.78. The maximum absolute atomic E-state index is 9.08. The third kappa shape index (κ3) is 1.54. The Hall–Kier alpha value is -0.555. The molecule has 0 unspecified atom stereocenters. The van der Waals surface area contributed by atoms with Gasteiger partial charge in [0.05, 0.1) is 0 Å². The van der Waals surface area contributed by atoms with Gasteiger partial charge in [0.1, 0.15) is 0 Å². The summed E-state index contributed by atoms with van der Waals surface area (Å²) in [5, 5.41) is 20.7. The predicted octanol–water partition coefficient (Wildman–Crippen LogP) is 0.926. The fourth-order valence-electron chi connectivity index (χ4n) is 1.29. The van der Waals surface area contributed by atoms with Crippen LogP contribution in [-0.4, -0.2) is 17.2 Å². The number of thiophene rings is 1. The van der Waals surface area contributed by atoms with Gasteiger partial charge >= 0.3 is 7.12 Å². The smallest absolute Gasteiger partial charge is 0.423 e. The Kier molecular flexibility index (Phi) is 2.53. The van der Waals surface area contributed by atoms with Crippen LogP contribution in [0.4, 0.5) is 5.69 Å². The van der Waals surface area contributed by atoms with Crippen molar-refractivity contribution in [1.29, 1.82) is 0 Å². The Morgan fingerprint density at radius 1 is 1.36 bits per heavy atom. The third-order valence-electron chi connectivity index (χ3n) is 2.00. The van der Waals surface area contributed by atoms with Gasteiger partial charge in [-0.05, 0) is 38.8 Å². The van der Waals surface area contributed by atoms with Crippen molar-refractivity contribution >= 4 is 55.6 Å². The van der Waals surface area contributed by atoms with Crippen LogP contribution >= 0.6 is 27.3 Å². The van der Waals surface area contributed by atoms with Crippen molar-refractivity contribution in [2.24, 2.45) is 0 Å². The molecule has 1 aromatic heterocycles. The molecule has 0 aliphatic heterocycles. The molecule has 72 valence electrons. The number of halogens is 1. The van der Waals surface area contributed by atoms with E-state index in [1.807, 2.05) is 6.07 Å². The van der Waals surface area contributed by atoms with Crippen LogP contribution in [-0.2, 0) is 0 Å². The van der Waals surface area contributed by atoms with Crippen LogP contribution in [0.25, 0.3) is 10.1 Å². The molecule has 6 heteroatoms. The van der Waals surface area contributed by atoms with E-state index in [1.54, 1.807) is 11.4 Å². The van der Waals surface area contributed by atoms with Gasteiger partial charge in [-0.2, -0.15) is 0 Å². The summed E-state index contributed by atoms with van der Waals surface area (Å²) in [6.45, 7) is 0. The Morgan fingerprint density at radius 2 is 2.07 bits per heavy atom. The molecule has 2 aromatic rings. The van der Waals surface area contributed by atoms with Crippen LogP contribution in [0.15, 0.2) is 22.0 Å².